The van der Waals surface area contributed by atoms with Crippen LogP contribution >= 0.6 is 0 Å². The molecule has 2 rings (SSSR count). The minimum atomic E-state index is -0.582. The van der Waals surface area contributed by atoms with Gasteiger partial charge in [-0.1, -0.05) is 51.1 Å². The maximum absolute atomic E-state index is 12.6. The summed E-state index contributed by atoms with van der Waals surface area (Å²) in [6, 6.07) is 9.53. The Morgan fingerprint density at radius 2 is 1.82 bits per heavy atom. The van der Waals surface area contributed by atoms with Gasteiger partial charge >= 0.3 is 0 Å². The summed E-state index contributed by atoms with van der Waals surface area (Å²) in [5.41, 5.74) is 7.29. The predicted octanol–water partition coefficient (Wildman–Crippen LogP) is 4.19. The first-order valence-electron chi connectivity index (χ1n) is 9.91. The fourth-order valence-corrected chi connectivity index (χ4v) is 3.60. The maximum Gasteiger partial charge on any atom is 0.253 e. The van der Waals surface area contributed by atoms with E-state index in [0.29, 0.717) is 24.6 Å². The highest BCUT2D eigenvalue weighted by atomic mass is 16.1. The first-order chi connectivity index (χ1) is 13.4. The lowest BCUT2D eigenvalue weighted by molar-refractivity contribution is -0.122. The number of hydrogen-bond donors (Lipinski definition) is 1. The van der Waals surface area contributed by atoms with Gasteiger partial charge in [-0.15, -0.1) is 0 Å². The Bertz CT molecular complexity index is 828. The van der Waals surface area contributed by atoms with E-state index >= 15 is 0 Å². The number of aliphatic imine (C=N–C) groups is 1. The third kappa shape index (κ3) is 4.38. The third-order valence-corrected chi connectivity index (χ3v) is 5.27. The van der Waals surface area contributed by atoms with Gasteiger partial charge in [-0.05, 0) is 33.1 Å². The lowest BCUT2D eigenvalue weighted by Gasteiger charge is -2.42. The van der Waals surface area contributed by atoms with E-state index in [1.54, 1.807) is 13.1 Å². The zero-order valence-corrected chi connectivity index (χ0v) is 17.6. The van der Waals surface area contributed by atoms with Crippen LogP contribution in [0.4, 0.5) is 11.8 Å². The number of anilines is 1. The van der Waals surface area contributed by atoms with E-state index in [1.807, 2.05) is 37.3 Å². The highest BCUT2D eigenvalue weighted by Crippen LogP contribution is 2.32. The molecule has 0 unspecified atom stereocenters. The molecule has 0 spiro atoms. The zero-order chi connectivity index (χ0) is 20.7. The van der Waals surface area contributed by atoms with Gasteiger partial charge < -0.3 is 10.6 Å². The van der Waals surface area contributed by atoms with Crippen molar-refractivity contribution in [2.75, 3.05) is 11.4 Å². The number of carbonyl (C=O) groups is 1. The van der Waals surface area contributed by atoms with Crippen LogP contribution in [-0.2, 0) is 4.79 Å². The Hall–Kier alpha value is -2.76. The molecule has 1 heterocycles. The van der Waals surface area contributed by atoms with E-state index < -0.39 is 5.54 Å². The molecule has 6 heteroatoms. The molecule has 150 valence electrons. The Morgan fingerprint density at radius 1 is 1.18 bits per heavy atom. The average Bonchev–Trinajstić information content (AvgIpc) is 2.70. The predicted molar refractivity (Wildman–Crippen MR) is 115 cm³/mol. The fourth-order valence-electron chi connectivity index (χ4n) is 3.60. The molecule has 2 N–H and O–H groups in total. The van der Waals surface area contributed by atoms with Crippen molar-refractivity contribution in [2.45, 2.75) is 59.4 Å². The van der Waals surface area contributed by atoms with E-state index in [2.05, 4.69) is 35.6 Å². The van der Waals surface area contributed by atoms with E-state index in [1.165, 1.54) is 0 Å². The van der Waals surface area contributed by atoms with Crippen LogP contribution in [0.25, 0.3) is 0 Å². The van der Waals surface area contributed by atoms with Crippen LogP contribution < -0.4 is 10.6 Å². The van der Waals surface area contributed by atoms with Gasteiger partial charge in [-0.25, -0.2) is 4.98 Å². The number of nitrogens with two attached hydrogens (primary N) is 1. The molecular formula is C22H31N5O. The topological polar surface area (TPSA) is 84.5 Å². The standard InChI is InChI=1S/C22H31N5O/c1-6-14-27(22(7-2,8-3)17(5)28)20-16(4)15-24-21(26-20)25-19(23)18-12-10-9-11-13-18/h9-13,15H,6-8,14H2,1-5H3,(H2,23,24,25,26). The first-order valence-corrected chi connectivity index (χ1v) is 9.91. The molecule has 1 aromatic carbocycles. The normalized spacial score (nSPS) is 12.1. The van der Waals surface area contributed by atoms with E-state index in [4.69, 9.17) is 10.7 Å². The molecule has 0 amide bonds. The van der Waals surface area contributed by atoms with Crippen LogP contribution in [0.15, 0.2) is 41.5 Å². The molecule has 0 aliphatic rings. The maximum atomic E-state index is 12.6. The number of Topliss-reactive ketones (excluding diaryl/α,β-unsaturated/α-hetero) is 1. The number of nitrogens with zero attached hydrogens (tertiary/aromatic N) is 4. The van der Waals surface area contributed by atoms with Gasteiger partial charge in [-0.3, -0.25) is 4.79 Å². The number of benzene rings is 1. The number of aromatic nitrogens is 2. The number of carbonyl (C=O) groups excluding carboxylic acids is 1. The Labute approximate surface area is 167 Å². The van der Waals surface area contributed by atoms with Gasteiger partial charge in [0.1, 0.15) is 11.7 Å². The molecule has 0 aliphatic carbocycles. The third-order valence-electron chi connectivity index (χ3n) is 5.27. The minimum Gasteiger partial charge on any atom is -0.383 e. The molecule has 0 aliphatic heterocycles. The molecular weight excluding hydrogens is 350 g/mol. The second-order valence-electron chi connectivity index (χ2n) is 6.99. The van der Waals surface area contributed by atoms with E-state index in [9.17, 15) is 4.79 Å². The second kappa shape index (κ2) is 9.44. The fraction of sp³-hybridized carbons (Fsp3) is 0.455. The Morgan fingerprint density at radius 3 is 2.36 bits per heavy atom. The van der Waals surface area contributed by atoms with Crippen molar-refractivity contribution in [1.82, 2.24) is 9.97 Å². The smallest absolute Gasteiger partial charge is 0.253 e. The van der Waals surface area contributed by atoms with Gasteiger partial charge in [0.2, 0.25) is 0 Å². The molecule has 0 radical (unpaired) electrons. The number of ketones is 1. The van der Waals surface area contributed by atoms with Crippen molar-refractivity contribution in [3.8, 4) is 0 Å². The molecule has 1 aromatic heterocycles. The van der Waals surface area contributed by atoms with Crippen LogP contribution in [0.5, 0.6) is 0 Å². The number of hydrogen-bond acceptors (Lipinski definition) is 5. The monoisotopic (exact) mass is 381 g/mol. The molecule has 0 saturated carbocycles. The molecule has 0 saturated heterocycles. The van der Waals surface area contributed by atoms with Gasteiger partial charge in [0.05, 0.1) is 5.54 Å². The largest absolute Gasteiger partial charge is 0.383 e. The van der Waals surface area contributed by atoms with Crippen molar-refractivity contribution in [3.05, 3.63) is 47.7 Å². The minimum absolute atomic E-state index is 0.151. The number of aryl methyl sites for hydroxylation is 1. The SMILES string of the molecule is CCCN(c1nc(N=C(N)c2ccccc2)ncc1C)C(CC)(CC)C(C)=O. The van der Waals surface area contributed by atoms with Crippen LogP contribution in [-0.4, -0.2) is 33.7 Å². The zero-order valence-electron chi connectivity index (χ0n) is 17.6. The lowest BCUT2D eigenvalue weighted by atomic mass is 9.86. The van der Waals surface area contributed by atoms with Crippen molar-refractivity contribution in [2.24, 2.45) is 10.7 Å². The quantitative estimate of drug-likeness (QED) is 0.520. The summed E-state index contributed by atoms with van der Waals surface area (Å²) in [6.45, 7) is 10.6. The Kier molecular flexibility index (Phi) is 7.26. The highest BCUT2D eigenvalue weighted by Gasteiger charge is 2.39. The van der Waals surface area contributed by atoms with Crippen molar-refractivity contribution in [1.29, 1.82) is 0 Å². The summed E-state index contributed by atoms with van der Waals surface area (Å²) in [5.74, 6) is 1.56. The lowest BCUT2D eigenvalue weighted by Crippen LogP contribution is -2.54. The summed E-state index contributed by atoms with van der Waals surface area (Å²) in [6.07, 6.45) is 4.08. The van der Waals surface area contributed by atoms with Crippen molar-refractivity contribution < 1.29 is 4.79 Å². The summed E-state index contributed by atoms with van der Waals surface area (Å²) < 4.78 is 0. The molecule has 28 heavy (non-hydrogen) atoms. The van der Waals surface area contributed by atoms with Crippen LogP contribution in [0.3, 0.4) is 0 Å². The molecule has 0 fully saturated rings. The van der Waals surface area contributed by atoms with E-state index in [0.717, 1.165) is 29.9 Å². The van der Waals surface area contributed by atoms with Gasteiger partial charge in [0.25, 0.3) is 5.95 Å². The highest BCUT2D eigenvalue weighted by molar-refractivity contribution is 5.98. The summed E-state index contributed by atoms with van der Waals surface area (Å²) in [7, 11) is 0. The van der Waals surface area contributed by atoms with Crippen molar-refractivity contribution in [3.63, 3.8) is 0 Å². The van der Waals surface area contributed by atoms with Gasteiger partial charge in [-0.2, -0.15) is 9.98 Å². The molecule has 2 aromatic rings. The molecule has 0 bridgehead atoms. The average molecular weight is 382 g/mol. The van der Waals surface area contributed by atoms with Crippen LogP contribution in [0, 0.1) is 6.92 Å². The van der Waals surface area contributed by atoms with Crippen LogP contribution in [0.2, 0.25) is 0 Å². The van der Waals surface area contributed by atoms with Gasteiger partial charge in [0, 0.05) is 23.9 Å². The first kappa shape index (κ1) is 21.5. The Balaban J connectivity index is 2.54. The number of rotatable bonds is 9. The summed E-state index contributed by atoms with van der Waals surface area (Å²) in [5, 5.41) is 0. The summed E-state index contributed by atoms with van der Waals surface area (Å²) in [4.78, 5) is 28.2. The molecule has 6 nitrogen and oxygen atoms in total. The van der Waals surface area contributed by atoms with Crippen LogP contribution in [0.1, 0.15) is 58.1 Å². The van der Waals surface area contributed by atoms with Gasteiger partial charge in [0.15, 0.2) is 5.78 Å². The number of amidine groups is 1. The van der Waals surface area contributed by atoms with E-state index in [-0.39, 0.29) is 5.78 Å². The summed E-state index contributed by atoms with van der Waals surface area (Å²) >= 11 is 0. The van der Waals surface area contributed by atoms with Crippen molar-refractivity contribution >= 4 is 23.4 Å². The second-order valence-corrected chi connectivity index (χ2v) is 6.99. The molecule has 0 atom stereocenters.